The predicted octanol–water partition coefficient (Wildman–Crippen LogP) is 0.554. The summed E-state index contributed by atoms with van der Waals surface area (Å²) in [6.45, 7) is 2.08. The minimum atomic E-state index is -0.665. The number of hydrogen-bond acceptors (Lipinski definition) is 3. The Morgan fingerprint density at radius 2 is 2.14 bits per heavy atom. The molecular formula is C9H16N2O3. The minimum Gasteiger partial charge on any atom is -0.439 e. The maximum Gasteiger partial charge on any atom is 0.407 e. The Hall–Kier alpha value is -1.52. The SMILES string of the molecule is CCC/C=C/CNC(=O)OCC(N)=O. The summed E-state index contributed by atoms with van der Waals surface area (Å²) >= 11 is 0. The van der Waals surface area contributed by atoms with Crippen molar-refractivity contribution in [3.05, 3.63) is 12.2 Å². The van der Waals surface area contributed by atoms with Crippen LogP contribution in [0.1, 0.15) is 19.8 Å². The number of alkyl carbamates (subject to hydrolysis) is 1. The molecule has 0 saturated heterocycles. The number of allylic oxidation sites excluding steroid dienone is 1. The van der Waals surface area contributed by atoms with Gasteiger partial charge in [-0.05, 0) is 6.42 Å². The topological polar surface area (TPSA) is 81.4 Å². The molecule has 0 aromatic rings. The summed E-state index contributed by atoms with van der Waals surface area (Å²) in [7, 11) is 0. The van der Waals surface area contributed by atoms with E-state index in [4.69, 9.17) is 5.73 Å². The molecule has 0 fully saturated rings. The van der Waals surface area contributed by atoms with Crippen molar-refractivity contribution in [1.82, 2.24) is 5.32 Å². The molecule has 0 rings (SSSR count). The lowest BCUT2D eigenvalue weighted by atomic mass is 10.3. The second-order valence-corrected chi connectivity index (χ2v) is 2.68. The summed E-state index contributed by atoms with van der Waals surface area (Å²) in [5.41, 5.74) is 4.78. The Morgan fingerprint density at radius 3 is 2.71 bits per heavy atom. The van der Waals surface area contributed by atoms with E-state index in [1.807, 2.05) is 12.2 Å². The van der Waals surface area contributed by atoms with Gasteiger partial charge in [0.05, 0.1) is 0 Å². The molecule has 0 aromatic carbocycles. The number of carbonyl (C=O) groups excluding carboxylic acids is 2. The third-order valence-electron chi connectivity index (χ3n) is 1.33. The van der Waals surface area contributed by atoms with Crippen molar-refractivity contribution in [2.75, 3.05) is 13.2 Å². The third-order valence-corrected chi connectivity index (χ3v) is 1.33. The summed E-state index contributed by atoms with van der Waals surface area (Å²) in [6.07, 6.45) is 5.22. The molecule has 0 heterocycles. The Labute approximate surface area is 83.3 Å². The molecule has 0 aliphatic heterocycles. The number of ether oxygens (including phenoxy) is 1. The fraction of sp³-hybridized carbons (Fsp3) is 0.556. The van der Waals surface area contributed by atoms with Crippen LogP contribution in [0.25, 0.3) is 0 Å². The Morgan fingerprint density at radius 1 is 1.43 bits per heavy atom. The predicted molar refractivity (Wildman–Crippen MR) is 52.6 cm³/mol. The summed E-state index contributed by atoms with van der Waals surface area (Å²) in [6, 6.07) is 0. The molecule has 5 heteroatoms. The number of hydrogen-bond donors (Lipinski definition) is 2. The van der Waals surface area contributed by atoms with E-state index in [9.17, 15) is 9.59 Å². The number of carbonyl (C=O) groups is 2. The van der Waals surface area contributed by atoms with Crippen molar-refractivity contribution in [2.24, 2.45) is 5.73 Å². The summed E-state index contributed by atoms with van der Waals surface area (Å²) < 4.78 is 4.45. The normalized spacial score (nSPS) is 10.1. The summed E-state index contributed by atoms with van der Waals surface area (Å²) in [4.78, 5) is 21.0. The third kappa shape index (κ3) is 8.58. The van der Waals surface area contributed by atoms with Gasteiger partial charge < -0.3 is 15.8 Å². The largest absolute Gasteiger partial charge is 0.439 e. The Bertz CT molecular complexity index is 214. The number of rotatable bonds is 6. The van der Waals surface area contributed by atoms with Crippen LogP contribution in [0.15, 0.2) is 12.2 Å². The maximum atomic E-state index is 10.8. The summed E-state index contributed by atoms with van der Waals surface area (Å²) in [5, 5.41) is 2.44. The van der Waals surface area contributed by atoms with Gasteiger partial charge in [0, 0.05) is 6.54 Å². The van der Waals surface area contributed by atoms with E-state index < -0.39 is 12.0 Å². The van der Waals surface area contributed by atoms with Crippen molar-refractivity contribution >= 4 is 12.0 Å². The average molecular weight is 200 g/mol. The highest BCUT2D eigenvalue weighted by atomic mass is 16.6. The van der Waals surface area contributed by atoms with Gasteiger partial charge in [-0.3, -0.25) is 4.79 Å². The van der Waals surface area contributed by atoms with Gasteiger partial charge in [-0.2, -0.15) is 0 Å². The van der Waals surface area contributed by atoms with Crippen LogP contribution in [0, 0.1) is 0 Å². The first-order valence-electron chi connectivity index (χ1n) is 4.50. The number of nitrogens with two attached hydrogens (primary N) is 1. The maximum absolute atomic E-state index is 10.8. The van der Waals surface area contributed by atoms with Crippen LogP contribution in [-0.2, 0) is 9.53 Å². The first-order chi connectivity index (χ1) is 6.66. The van der Waals surface area contributed by atoms with E-state index in [-0.39, 0.29) is 6.61 Å². The van der Waals surface area contributed by atoms with Crippen molar-refractivity contribution in [1.29, 1.82) is 0 Å². The zero-order valence-corrected chi connectivity index (χ0v) is 8.29. The molecule has 3 N–H and O–H groups in total. The quantitative estimate of drug-likeness (QED) is 0.614. The van der Waals surface area contributed by atoms with Crippen LogP contribution >= 0.6 is 0 Å². The molecule has 0 saturated carbocycles. The van der Waals surface area contributed by atoms with Crippen LogP contribution in [0.3, 0.4) is 0 Å². The van der Waals surface area contributed by atoms with Gasteiger partial charge in [-0.25, -0.2) is 4.79 Å². The van der Waals surface area contributed by atoms with Crippen molar-refractivity contribution in [3.8, 4) is 0 Å². The number of primary amides is 1. The van der Waals surface area contributed by atoms with E-state index >= 15 is 0 Å². The number of nitrogens with one attached hydrogen (secondary N) is 1. The van der Waals surface area contributed by atoms with Gasteiger partial charge >= 0.3 is 6.09 Å². The minimum absolute atomic E-state index is 0.384. The fourth-order valence-corrected chi connectivity index (χ4v) is 0.698. The van der Waals surface area contributed by atoms with Crippen LogP contribution in [0.4, 0.5) is 4.79 Å². The van der Waals surface area contributed by atoms with Gasteiger partial charge in [-0.1, -0.05) is 25.5 Å². The first-order valence-corrected chi connectivity index (χ1v) is 4.50. The van der Waals surface area contributed by atoms with Gasteiger partial charge in [0.2, 0.25) is 0 Å². The molecule has 80 valence electrons. The van der Waals surface area contributed by atoms with Crippen molar-refractivity contribution in [3.63, 3.8) is 0 Å². The zero-order chi connectivity index (χ0) is 10.8. The van der Waals surface area contributed by atoms with E-state index in [1.165, 1.54) is 0 Å². The monoisotopic (exact) mass is 200 g/mol. The molecule has 0 aliphatic carbocycles. The zero-order valence-electron chi connectivity index (χ0n) is 8.29. The smallest absolute Gasteiger partial charge is 0.407 e. The second kappa shape index (κ2) is 8.10. The van der Waals surface area contributed by atoms with Gasteiger partial charge in [0.25, 0.3) is 5.91 Å². The fourth-order valence-electron chi connectivity index (χ4n) is 0.698. The van der Waals surface area contributed by atoms with Crippen LogP contribution < -0.4 is 11.1 Å². The highest BCUT2D eigenvalue weighted by Crippen LogP contribution is 1.87. The molecule has 0 unspecified atom stereocenters. The highest BCUT2D eigenvalue weighted by molar-refractivity contribution is 5.78. The number of unbranched alkanes of at least 4 members (excludes halogenated alkanes) is 1. The molecule has 0 aromatic heterocycles. The van der Waals surface area contributed by atoms with E-state index in [1.54, 1.807) is 0 Å². The molecule has 0 atom stereocenters. The first kappa shape index (κ1) is 12.5. The lowest BCUT2D eigenvalue weighted by Crippen LogP contribution is -2.28. The summed E-state index contributed by atoms with van der Waals surface area (Å²) in [5.74, 6) is -0.665. The molecule has 0 spiro atoms. The van der Waals surface area contributed by atoms with Crippen LogP contribution in [0.2, 0.25) is 0 Å². The molecule has 0 radical (unpaired) electrons. The average Bonchev–Trinajstić information content (AvgIpc) is 2.14. The lowest BCUT2D eigenvalue weighted by Gasteiger charge is -2.01. The van der Waals surface area contributed by atoms with E-state index in [0.717, 1.165) is 12.8 Å². The van der Waals surface area contributed by atoms with Gasteiger partial charge in [0.15, 0.2) is 6.61 Å². The second-order valence-electron chi connectivity index (χ2n) is 2.68. The van der Waals surface area contributed by atoms with Crippen LogP contribution in [-0.4, -0.2) is 25.2 Å². The molecule has 14 heavy (non-hydrogen) atoms. The van der Waals surface area contributed by atoms with Crippen molar-refractivity contribution < 1.29 is 14.3 Å². The molecular weight excluding hydrogens is 184 g/mol. The Kier molecular flexibility index (Phi) is 7.22. The highest BCUT2D eigenvalue weighted by Gasteiger charge is 2.01. The molecule has 0 bridgehead atoms. The number of amides is 2. The standard InChI is InChI=1S/C9H16N2O3/c1-2-3-4-5-6-11-9(13)14-7-8(10)12/h4-5H,2-3,6-7H2,1H3,(H2,10,12)(H,11,13)/b5-4+. The van der Waals surface area contributed by atoms with Gasteiger partial charge in [0.1, 0.15) is 0 Å². The Balaban J connectivity index is 3.40. The van der Waals surface area contributed by atoms with Crippen LogP contribution in [0.5, 0.6) is 0 Å². The van der Waals surface area contributed by atoms with Crippen molar-refractivity contribution in [2.45, 2.75) is 19.8 Å². The van der Waals surface area contributed by atoms with E-state index in [0.29, 0.717) is 6.54 Å². The molecule has 2 amide bonds. The van der Waals surface area contributed by atoms with Gasteiger partial charge in [-0.15, -0.1) is 0 Å². The van der Waals surface area contributed by atoms with E-state index in [2.05, 4.69) is 17.0 Å². The molecule has 0 aliphatic rings. The molecule has 5 nitrogen and oxygen atoms in total. The lowest BCUT2D eigenvalue weighted by molar-refractivity contribution is -0.120.